The first-order valence-electron chi connectivity index (χ1n) is 7.35. The lowest BCUT2D eigenvalue weighted by atomic mass is 9.99. The molecule has 1 aromatic heterocycles. The summed E-state index contributed by atoms with van der Waals surface area (Å²) in [5.41, 5.74) is 0. The maximum absolute atomic E-state index is 12.1. The Morgan fingerprint density at radius 1 is 1.65 bits per heavy atom. The first kappa shape index (κ1) is 15.3. The third-order valence-corrected chi connectivity index (χ3v) is 4.69. The predicted octanol–water partition coefficient (Wildman–Crippen LogP) is 2.34. The lowest BCUT2D eigenvalue weighted by Gasteiger charge is -2.32. The molecular formula is C15H24N2O2S. The molecule has 5 heteroatoms. The average Bonchev–Trinajstić information content (AvgIpc) is 2.97. The number of carbonyl (C=O) groups is 1. The lowest BCUT2D eigenvalue weighted by molar-refractivity contribution is 0.129. The summed E-state index contributed by atoms with van der Waals surface area (Å²) in [5.74, 6) is 0.689. The van der Waals surface area contributed by atoms with E-state index in [2.05, 4.69) is 29.8 Å². The number of carbonyl (C=O) groups excluding carboxylic acids is 1. The van der Waals surface area contributed by atoms with Crippen molar-refractivity contribution in [3.05, 3.63) is 22.4 Å². The number of nitrogens with zero attached hydrogens (tertiary/aromatic N) is 1. The van der Waals surface area contributed by atoms with E-state index in [1.54, 1.807) is 11.3 Å². The van der Waals surface area contributed by atoms with Crippen molar-refractivity contribution in [1.82, 2.24) is 10.2 Å². The molecule has 2 heterocycles. The molecule has 0 spiro atoms. The van der Waals surface area contributed by atoms with E-state index in [4.69, 9.17) is 0 Å². The minimum Gasteiger partial charge on any atom is -0.396 e. The van der Waals surface area contributed by atoms with Gasteiger partial charge in [-0.05, 0) is 42.5 Å². The second-order valence-corrected chi connectivity index (χ2v) is 6.74. The molecule has 0 aromatic carbocycles. The van der Waals surface area contributed by atoms with Crippen molar-refractivity contribution in [2.75, 3.05) is 26.2 Å². The molecule has 2 amide bonds. The highest BCUT2D eigenvalue weighted by molar-refractivity contribution is 7.09. The Hall–Kier alpha value is -1.07. The summed E-state index contributed by atoms with van der Waals surface area (Å²) in [6.45, 7) is 4.53. The molecule has 2 rings (SSSR count). The van der Waals surface area contributed by atoms with E-state index in [0.29, 0.717) is 19.0 Å². The van der Waals surface area contributed by atoms with Gasteiger partial charge in [0.2, 0.25) is 0 Å². The monoisotopic (exact) mass is 296 g/mol. The molecule has 4 nitrogen and oxygen atoms in total. The Balaban J connectivity index is 1.71. The van der Waals surface area contributed by atoms with Gasteiger partial charge in [0.25, 0.3) is 0 Å². The maximum Gasteiger partial charge on any atom is 0.317 e. The molecule has 2 N–H and O–H groups in total. The summed E-state index contributed by atoms with van der Waals surface area (Å²) in [5, 5.41) is 14.3. The van der Waals surface area contributed by atoms with Crippen LogP contribution in [0.3, 0.4) is 0 Å². The highest BCUT2D eigenvalue weighted by Gasteiger charge is 2.23. The van der Waals surface area contributed by atoms with Crippen LogP contribution < -0.4 is 5.32 Å². The number of urea groups is 1. The van der Waals surface area contributed by atoms with E-state index in [1.807, 2.05) is 4.90 Å². The van der Waals surface area contributed by atoms with Crippen LogP contribution in [0, 0.1) is 11.8 Å². The predicted molar refractivity (Wildman–Crippen MR) is 82.0 cm³/mol. The van der Waals surface area contributed by atoms with Gasteiger partial charge in [-0.15, -0.1) is 11.3 Å². The zero-order valence-corrected chi connectivity index (χ0v) is 12.9. The number of likely N-dealkylation sites (tertiary alicyclic amines) is 1. The van der Waals surface area contributed by atoms with Crippen LogP contribution in [0.4, 0.5) is 4.79 Å². The molecular weight excluding hydrogens is 272 g/mol. The standard InChI is InChI=1S/C15H24N2O2S/c1-12(8-14-5-3-7-20-14)9-16-15(19)17-6-2-4-13(10-17)11-18/h3,5,7,12-13,18H,2,4,6,8-11H2,1H3,(H,16,19)/t12-,13-/m0/s1. The molecule has 2 atom stereocenters. The molecule has 1 aliphatic rings. The topological polar surface area (TPSA) is 52.6 Å². The van der Waals surface area contributed by atoms with E-state index >= 15 is 0 Å². The van der Waals surface area contributed by atoms with Crippen LogP contribution in [0.5, 0.6) is 0 Å². The van der Waals surface area contributed by atoms with Crippen molar-refractivity contribution in [3.8, 4) is 0 Å². The van der Waals surface area contributed by atoms with Gasteiger partial charge in [-0.2, -0.15) is 0 Å². The largest absolute Gasteiger partial charge is 0.396 e. The Kier molecular flexibility index (Phi) is 5.86. The highest BCUT2D eigenvalue weighted by Crippen LogP contribution is 2.16. The summed E-state index contributed by atoms with van der Waals surface area (Å²) in [6, 6.07) is 4.22. The number of thiophene rings is 1. The molecule has 112 valence electrons. The van der Waals surface area contributed by atoms with Gasteiger partial charge < -0.3 is 15.3 Å². The van der Waals surface area contributed by atoms with Crippen molar-refractivity contribution in [1.29, 1.82) is 0 Å². The van der Waals surface area contributed by atoms with E-state index in [1.165, 1.54) is 4.88 Å². The Morgan fingerprint density at radius 3 is 3.20 bits per heavy atom. The van der Waals surface area contributed by atoms with Crippen LogP contribution in [0.25, 0.3) is 0 Å². The number of hydrogen-bond acceptors (Lipinski definition) is 3. The van der Waals surface area contributed by atoms with Gasteiger partial charge in [-0.25, -0.2) is 4.79 Å². The van der Waals surface area contributed by atoms with Gasteiger partial charge in [0.1, 0.15) is 0 Å². The highest BCUT2D eigenvalue weighted by atomic mass is 32.1. The minimum atomic E-state index is 0.0150. The Morgan fingerprint density at radius 2 is 2.50 bits per heavy atom. The van der Waals surface area contributed by atoms with Crippen molar-refractivity contribution in [2.24, 2.45) is 11.8 Å². The molecule has 0 radical (unpaired) electrons. The third-order valence-electron chi connectivity index (χ3n) is 3.80. The zero-order chi connectivity index (χ0) is 14.4. The van der Waals surface area contributed by atoms with Gasteiger partial charge in [0, 0.05) is 31.1 Å². The van der Waals surface area contributed by atoms with Gasteiger partial charge in [-0.1, -0.05) is 13.0 Å². The fourth-order valence-corrected chi connectivity index (χ4v) is 3.49. The molecule has 0 saturated carbocycles. The van der Waals surface area contributed by atoms with Gasteiger partial charge in [0.15, 0.2) is 0 Å². The van der Waals surface area contributed by atoms with Crippen molar-refractivity contribution in [2.45, 2.75) is 26.2 Å². The van der Waals surface area contributed by atoms with E-state index < -0.39 is 0 Å². The van der Waals surface area contributed by atoms with Gasteiger partial charge >= 0.3 is 6.03 Å². The molecule has 0 aliphatic carbocycles. The van der Waals surface area contributed by atoms with Crippen LogP contribution in [-0.4, -0.2) is 42.3 Å². The van der Waals surface area contributed by atoms with Crippen LogP contribution in [-0.2, 0) is 6.42 Å². The second-order valence-electron chi connectivity index (χ2n) is 5.71. The van der Waals surface area contributed by atoms with Crippen LogP contribution in [0.15, 0.2) is 17.5 Å². The first-order chi connectivity index (χ1) is 9.69. The molecule has 1 saturated heterocycles. The molecule has 0 bridgehead atoms. The van der Waals surface area contributed by atoms with Crippen molar-refractivity contribution in [3.63, 3.8) is 0 Å². The number of piperidine rings is 1. The molecule has 0 unspecified atom stereocenters. The fourth-order valence-electron chi connectivity index (χ4n) is 2.62. The first-order valence-corrected chi connectivity index (χ1v) is 8.23. The number of nitrogens with one attached hydrogen (secondary N) is 1. The maximum atomic E-state index is 12.1. The van der Waals surface area contributed by atoms with Crippen LogP contribution in [0.1, 0.15) is 24.6 Å². The summed E-state index contributed by atoms with van der Waals surface area (Å²) in [6.07, 6.45) is 3.02. The number of aliphatic hydroxyl groups excluding tert-OH is 1. The smallest absolute Gasteiger partial charge is 0.317 e. The van der Waals surface area contributed by atoms with E-state index in [-0.39, 0.29) is 18.6 Å². The number of aliphatic hydroxyl groups is 1. The quantitative estimate of drug-likeness (QED) is 0.876. The Bertz CT molecular complexity index is 408. The second kappa shape index (κ2) is 7.64. The van der Waals surface area contributed by atoms with Crippen molar-refractivity contribution >= 4 is 17.4 Å². The molecule has 20 heavy (non-hydrogen) atoms. The van der Waals surface area contributed by atoms with Gasteiger partial charge in [0.05, 0.1) is 0 Å². The van der Waals surface area contributed by atoms with Crippen LogP contribution >= 0.6 is 11.3 Å². The zero-order valence-electron chi connectivity index (χ0n) is 12.0. The summed E-state index contributed by atoms with van der Waals surface area (Å²) < 4.78 is 0. The summed E-state index contributed by atoms with van der Waals surface area (Å²) in [4.78, 5) is 15.3. The SMILES string of the molecule is C[C@H](CNC(=O)N1CCC[C@H](CO)C1)Cc1cccs1. The van der Waals surface area contributed by atoms with Gasteiger partial charge in [-0.3, -0.25) is 0 Å². The third kappa shape index (κ3) is 4.49. The molecule has 1 fully saturated rings. The van der Waals surface area contributed by atoms with E-state index in [0.717, 1.165) is 25.8 Å². The summed E-state index contributed by atoms with van der Waals surface area (Å²) in [7, 11) is 0. The molecule has 1 aliphatic heterocycles. The number of rotatable bonds is 5. The minimum absolute atomic E-state index is 0.0150. The van der Waals surface area contributed by atoms with E-state index in [9.17, 15) is 9.90 Å². The van der Waals surface area contributed by atoms with Crippen LogP contribution in [0.2, 0.25) is 0 Å². The number of amides is 2. The van der Waals surface area contributed by atoms with Crippen molar-refractivity contribution < 1.29 is 9.90 Å². The lowest BCUT2D eigenvalue weighted by Crippen LogP contribution is -2.47. The summed E-state index contributed by atoms with van der Waals surface area (Å²) >= 11 is 1.77. The molecule has 1 aromatic rings. The average molecular weight is 296 g/mol. The Labute approximate surface area is 124 Å². The fraction of sp³-hybridized carbons (Fsp3) is 0.667. The normalized spacial score (nSPS) is 20.7. The number of hydrogen-bond donors (Lipinski definition) is 2.